The van der Waals surface area contributed by atoms with Crippen LogP contribution >= 0.6 is 0 Å². The fourth-order valence-corrected chi connectivity index (χ4v) is 6.16. The standard InChI is InChI=1S/C40H23F6N5/c41-39(42,43)27-15-18-33-30(22-27)31-23-28(40(44,45)46)16-19-34(31)51(33)35-21-26(32-13-7-8-20-47-32)14-17-29(35)38-49-36(24-9-3-1-4-10-24)48-37(50-38)25-11-5-2-6-12-25/h1-23H. The summed E-state index contributed by atoms with van der Waals surface area (Å²) in [6.45, 7) is 0. The van der Waals surface area contributed by atoms with Crippen molar-refractivity contribution in [2.45, 2.75) is 12.4 Å². The fraction of sp³-hybridized carbons (Fsp3) is 0.0500. The average molecular weight is 688 g/mol. The molecule has 0 saturated heterocycles. The fourth-order valence-electron chi connectivity index (χ4n) is 6.16. The van der Waals surface area contributed by atoms with Crippen LogP contribution in [0.2, 0.25) is 0 Å². The lowest BCUT2D eigenvalue weighted by Gasteiger charge is -2.16. The van der Waals surface area contributed by atoms with Crippen molar-refractivity contribution in [1.82, 2.24) is 24.5 Å². The van der Waals surface area contributed by atoms with E-state index in [2.05, 4.69) is 4.98 Å². The van der Waals surface area contributed by atoms with Gasteiger partial charge in [0.05, 0.1) is 33.5 Å². The average Bonchev–Trinajstić information content (AvgIpc) is 3.48. The van der Waals surface area contributed by atoms with Gasteiger partial charge in [0, 0.05) is 39.2 Å². The van der Waals surface area contributed by atoms with Crippen molar-refractivity contribution in [1.29, 1.82) is 0 Å². The molecule has 11 heteroatoms. The van der Waals surface area contributed by atoms with Crippen LogP contribution < -0.4 is 0 Å². The predicted octanol–water partition coefficient (Wildman–Crippen LogP) is 11.1. The third-order valence-corrected chi connectivity index (χ3v) is 8.56. The summed E-state index contributed by atoms with van der Waals surface area (Å²) in [5, 5.41) is 0.0106. The summed E-state index contributed by atoms with van der Waals surface area (Å²) in [6.07, 6.45) is -7.81. The van der Waals surface area contributed by atoms with Crippen molar-refractivity contribution in [3.05, 3.63) is 151 Å². The zero-order chi connectivity index (χ0) is 35.3. The Morgan fingerprint density at radius 1 is 0.451 bits per heavy atom. The van der Waals surface area contributed by atoms with Crippen molar-refractivity contribution >= 4 is 21.8 Å². The molecule has 0 atom stereocenters. The number of pyridine rings is 1. The van der Waals surface area contributed by atoms with Crippen molar-refractivity contribution in [2.75, 3.05) is 0 Å². The van der Waals surface area contributed by atoms with Crippen molar-refractivity contribution in [3.8, 4) is 51.1 Å². The minimum Gasteiger partial charge on any atom is -0.308 e. The van der Waals surface area contributed by atoms with Crippen LogP contribution in [0.3, 0.4) is 0 Å². The van der Waals surface area contributed by atoms with Gasteiger partial charge >= 0.3 is 12.4 Å². The molecule has 8 aromatic rings. The van der Waals surface area contributed by atoms with Crippen LogP contribution in [0.5, 0.6) is 0 Å². The topological polar surface area (TPSA) is 56.5 Å². The number of hydrogen-bond donors (Lipinski definition) is 0. The van der Waals surface area contributed by atoms with Gasteiger partial charge in [-0.1, -0.05) is 72.8 Å². The lowest BCUT2D eigenvalue weighted by atomic mass is 10.0. The second kappa shape index (κ2) is 12.2. The van der Waals surface area contributed by atoms with Gasteiger partial charge in [0.15, 0.2) is 17.5 Å². The lowest BCUT2D eigenvalue weighted by Crippen LogP contribution is -2.05. The van der Waals surface area contributed by atoms with Crippen LogP contribution in [0.25, 0.3) is 72.9 Å². The van der Waals surface area contributed by atoms with Crippen LogP contribution in [0, 0.1) is 0 Å². The first-order valence-electron chi connectivity index (χ1n) is 15.7. The van der Waals surface area contributed by atoms with E-state index in [1.807, 2.05) is 72.8 Å². The van der Waals surface area contributed by atoms with Crippen LogP contribution in [-0.2, 0) is 12.4 Å². The van der Waals surface area contributed by atoms with Crippen molar-refractivity contribution in [3.63, 3.8) is 0 Å². The summed E-state index contributed by atoms with van der Waals surface area (Å²) in [5.41, 5.74) is 2.15. The summed E-state index contributed by atoms with van der Waals surface area (Å²) in [4.78, 5) is 19.0. The number of alkyl halides is 6. The molecular formula is C40H23F6N5. The smallest absolute Gasteiger partial charge is 0.308 e. The Morgan fingerprint density at radius 2 is 0.961 bits per heavy atom. The van der Waals surface area contributed by atoms with Gasteiger partial charge in [-0.05, 0) is 60.7 Å². The van der Waals surface area contributed by atoms with Gasteiger partial charge in [-0.2, -0.15) is 26.3 Å². The Morgan fingerprint density at radius 3 is 1.45 bits per heavy atom. The molecule has 5 aromatic carbocycles. The molecule has 3 aromatic heterocycles. The van der Waals surface area contributed by atoms with Crippen LogP contribution in [0.4, 0.5) is 26.3 Å². The highest BCUT2D eigenvalue weighted by Gasteiger charge is 2.33. The van der Waals surface area contributed by atoms with E-state index in [4.69, 9.17) is 15.0 Å². The number of nitrogens with zero attached hydrogens (tertiary/aromatic N) is 5. The molecular weight excluding hydrogens is 664 g/mol. The third-order valence-electron chi connectivity index (χ3n) is 8.56. The zero-order valence-corrected chi connectivity index (χ0v) is 26.3. The largest absolute Gasteiger partial charge is 0.416 e. The van der Waals surface area contributed by atoms with Crippen LogP contribution in [0.1, 0.15) is 11.1 Å². The van der Waals surface area contributed by atoms with Gasteiger partial charge in [-0.3, -0.25) is 4.98 Å². The quantitative estimate of drug-likeness (QED) is 0.169. The maximum atomic E-state index is 14.0. The minimum atomic E-state index is -4.72. The first-order valence-corrected chi connectivity index (χ1v) is 15.7. The summed E-state index contributed by atoms with van der Waals surface area (Å²) in [5.74, 6) is 1.01. The van der Waals surface area contributed by atoms with Crippen LogP contribution in [-0.4, -0.2) is 24.5 Å². The van der Waals surface area contributed by atoms with E-state index in [0.29, 0.717) is 34.2 Å². The number of halogens is 6. The molecule has 0 unspecified atom stereocenters. The Bertz CT molecular complexity index is 2420. The van der Waals surface area contributed by atoms with E-state index in [9.17, 15) is 26.3 Å². The van der Waals surface area contributed by atoms with E-state index < -0.39 is 23.5 Å². The molecule has 0 aliphatic heterocycles. The van der Waals surface area contributed by atoms with E-state index in [0.717, 1.165) is 35.4 Å². The summed E-state index contributed by atoms with van der Waals surface area (Å²) < 4.78 is 85.5. The molecule has 0 aliphatic carbocycles. The molecule has 250 valence electrons. The van der Waals surface area contributed by atoms with E-state index >= 15 is 0 Å². The molecule has 0 saturated carbocycles. The Balaban J connectivity index is 1.47. The maximum absolute atomic E-state index is 14.0. The number of rotatable bonds is 5. The highest BCUT2D eigenvalue weighted by Crippen LogP contribution is 2.42. The zero-order valence-electron chi connectivity index (χ0n) is 26.3. The van der Waals surface area contributed by atoms with Crippen molar-refractivity contribution in [2.24, 2.45) is 0 Å². The molecule has 0 spiro atoms. The van der Waals surface area contributed by atoms with E-state index in [1.54, 1.807) is 35.0 Å². The molecule has 5 nitrogen and oxygen atoms in total. The first kappa shape index (κ1) is 31.9. The normalized spacial score (nSPS) is 12.1. The molecule has 3 heterocycles. The number of aromatic nitrogens is 5. The predicted molar refractivity (Wildman–Crippen MR) is 184 cm³/mol. The third kappa shape index (κ3) is 5.96. The molecule has 0 amide bonds. The summed E-state index contributed by atoms with van der Waals surface area (Å²) in [6, 6.07) is 35.6. The molecule has 0 fully saturated rings. The first-order chi connectivity index (χ1) is 24.5. The van der Waals surface area contributed by atoms with Gasteiger partial charge in [0.2, 0.25) is 0 Å². The molecule has 0 radical (unpaired) electrons. The number of hydrogen-bond acceptors (Lipinski definition) is 4. The van der Waals surface area contributed by atoms with Gasteiger partial charge < -0.3 is 4.57 Å². The van der Waals surface area contributed by atoms with Gasteiger partial charge in [0.1, 0.15) is 0 Å². The molecule has 0 N–H and O–H groups in total. The SMILES string of the molecule is FC(F)(F)c1ccc2c(c1)c1cc(C(F)(F)F)ccc1n2-c1cc(-c2ccccn2)ccc1-c1nc(-c2ccccc2)nc(-c2ccccc2)n1. The second-order valence-corrected chi connectivity index (χ2v) is 11.8. The minimum absolute atomic E-state index is 0.00529. The van der Waals surface area contributed by atoms with Gasteiger partial charge in [-0.25, -0.2) is 15.0 Å². The Hall–Kier alpha value is -6.36. The molecule has 0 aliphatic rings. The molecule has 8 rings (SSSR count). The van der Waals surface area contributed by atoms with Crippen LogP contribution in [0.15, 0.2) is 140 Å². The van der Waals surface area contributed by atoms with E-state index in [1.165, 1.54) is 12.1 Å². The maximum Gasteiger partial charge on any atom is 0.416 e. The highest BCUT2D eigenvalue weighted by atomic mass is 19.4. The molecule has 0 bridgehead atoms. The summed E-state index contributed by atoms with van der Waals surface area (Å²) >= 11 is 0. The monoisotopic (exact) mass is 687 g/mol. The number of fused-ring (bicyclic) bond motifs is 3. The van der Waals surface area contributed by atoms with Crippen molar-refractivity contribution < 1.29 is 26.3 Å². The highest BCUT2D eigenvalue weighted by molar-refractivity contribution is 6.10. The molecule has 51 heavy (non-hydrogen) atoms. The number of benzene rings is 5. The Labute approximate surface area is 286 Å². The Kier molecular flexibility index (Phi) is 7.63. The second-order valence-electron chi connectivity index (χ2n) is 11.8. The summed E-state index contributed by atoms with van der Waals surface area (Å²) in [7, 11) is 0. The van der Waals surface area contributed by atoms with E-state index in [-0.39, 0.29) is 27.6 Å². The lowest BCUT2D eigenvalue weighted by molar-refractivity contribution is -0.138. The van der Waals surface area contributed by atoms with Gasteiger partial charge in [-0.15, -0.1) is 0 Å². The van der Waals surface area contributed by atoms with Gasteiger partial charge in [0.25, 0.3) is 0 Å².